The van der Waals surface area contributed by atoms with Crippen molar-refractivity contribution in [3.8, 4) is 18.1 Å². The molecule has 0 bridgehead atoms. The molecule has 0 unspecified atom stereocenters. The lowest BCUT2D eigenvalue weighted by atomic mass is 10.2. The number of hydrogen-bond donors (Lipinski definition) is 0. The quantitative estimate of drug-likeness (QED) is 0.496. The molecule has 0 saturated heterocycles. The summed E-state index contributed by atoms with van der Waals surface area (Å²) in [5.74, 6) is 2.66. The Morgan fingerprint density at radius 3 is 2.68 bits per heavy atom. The maximum Gasteiger partial charge on any atom is 0.261 e. The lowest BCUT2D eigenvalue weighted by Gasteiger charge is -2.09. The first-order chi connectivity index (χ1) is 8.93. The molecule has 0 aliphatic rings. The highest BCUT2D eigenvalue weighted by molar-refractivity contribution is 8.14. The Labute approximate surface area is 119 Å². The van der Waals surface area contributed by atoms with Crippen LogP contribution in [0.5, 0.6) is 5.75 Å². The first-order valence-corrected chi connectivity index (χ1v) is 7.72. The number of hydrogen-bond acceptors (Lipinski definition) is 4. The van der Waals surface area contributed by atoms with Crippen molar-refractivity contribution in [2.45, 2.75) is 4.90 Å². The number of halogens is 2. The van der Waals surface area contributed by atoms with Crippen LogP contribution in [-0.4, -0.2) is 20.0 Å². The zero-order valence-corrected chi connectivity index (χ0v) is 11.8. The third-order valence-corrected chi connectivity index (χ3v) is 3.91. The number of fused-ring (bicyclic) bond motifs is 1. The molecular weight excluding hydrogens is 309 g/mol. The van der Waals surface area contributed by atoms with E-state index in [1.807, 2.05) is 0 Å². The van der Waals surface area contributed by atoms with Crippen LogP contribution < -0.4 is 4.74 Å². The van der Waals surface area contributed by atoms with Crippen molar-refractivity contribution in [2.24, 2.45) is 0 Å². The molecule has 0 amide bonds. The molecule has 98 valence electrons. The Balaban J connectivity index is 2.76. The number of rotatable bonds is 3. The SMILES string of the molecule is C#CCOc1ccc(S(=O)(=O)Cl)c2ccc(Cl)nc12. The minimum absolute atomic E-state index is 0.0380. The van der Waals surface area contributed by atoms with Crippen molar-refractivity contribution < 1.29 is 13.2 Å². The van der Waals surface area contributed by atoms with Crippen LogP contribution in [0.3, 0.4) is 0 Å². The van der Waals surface area contributed by atoms with Crippen LogP contribution in [-0.2, 0) is 9.05 Å². The van der Waals surface area contributed by atoms with Gasteiger partial charge < -0.3 is 4.74 Å². The standard InChI is InChI=1S/C12H7Cl2NO3S/c1-2-7-18-9-4-5-10(19(14,16)17)8-3-6-11(13)15-12(8)9/h1,3-6H,7H2. The number of nitrogens with zero attached hydrogens (tertiary/aromatic N) is 1. The summed E-state index contributed by atoms with van der Waals surface area (Å²) in [4.78, 5) is 4.00. The molecule has 0 aliphatic carbocycles. The van der Waals surface area contributed by atoms with Gasteiger partial charge in [-0.3, -0.25) is 0 Å². The van der Waals surface area contributed by atoms with E-state index >= 15 is 0 Å². The van der Waals surface area contributed by atoms with Gasteiger partial charge in [0.05, 0.1) is 4.90 Å². The summed E-state index contributed by atoms with van der Waals surface area (Å²) < 4.78 is 28.3. The average molecular weight is 316 g/mol. The average Bonchev–Trinajstić information content (AvgIpc) is 2.34. The van der Waals surface area contributed by atoms with Gasteiger partial charge in [0.2, 0.25) is 0 Å². The van der Waals surface area contributed by atoms with Crippen LogP contribution in [0.1, 0.15) is 0 Å². The van der Waals surface area contributed by atoms with E-state index in [9.17, 15) is 8.42 Å². The van der Waals surface area contributed by atoms with Gasteiger partial charge in [-0.05, 0) is 24.3 Å². The summed E-state index contributed by atoms with van der Waals surface area (Å²) in [6.07, 6.45) is 5.11. The zero-order valence-electron chi connectivity index (χ0n) is 9.43. The molecule has 0 fully saturated rings. The second-order valence-corrected chi connectivity index (χ2v) is 6.44. The van der Waals surface area contributed by atoms with Gasteiger partial charge in [-0.1, -0.05) is 17.5 Å². The Morgan fingerprint density at radius 2 is 2.05 bits per heavy atom. The summed E-state index contributed by atoms with van der Waals surface area (Å²) in [6.45, 7) is 0.0380. The van der Waals surface area contributed by atoms with Gasteiger partial charge in [0.15, 0.2) is 0 Å². The Hall–Kier alpha value is -1.48. The summed E-state index contributed by atoms with van der Waals surface area (Å²) in [7, 11) is 1.49. The fourth-order valence-corrected chi connectivity index (χ4v) is 2.80. The number of terminal acetylenes is 1. The summed E-state index contributed by atoms with van der Waals surface area (Å²) in [5.41, 5.74) is 0.296. The van der Waals surface area contributed by atoms with Gasteiger partial charge in [-0.2, -0.15) is 0 Å². The maximum absolute atomic E-state index is 11.5. The first kappa shape index (κ1) is 13.9. The highest BCUT2D eigenvalue weighted by atomic mass is 35.7. The predicted octanol–water partition coefficient (Wildman–Crippen LogP) is 2.83. The molecule has 0 saturated carbocycles. The molecule has 0 radical (unpaired) electrons. The van der Waals surface area contributed by atoms with E-state index < -0.39 is 9.05 Å². The molecule has 0 N–H and O–H groups in total. The molecule has 0 aliphatic heterocycles. The highest BCUT2D eigenvalue weighted by Crippen LogP contribution is 2.32. The fourth-order valence-electron chi connectivity index (χ4n) is 1.59. The second-order valence-electron chi connectivity index (χ2n) is 3.52. The van der Waals surface area contributed by atoms with Gasteiger partial charge in [0.1, 0.15) is 23.0 Å². The summed E-state index contributed by atoms with van der Waals surface area (Å²) in [6, 6.07) is 5.77. The van der Waals surface area contributed by atoms with Crippen LogP contribution in [0.15, 0.2) is 29.2 Å². The first-order valence-electron chi connectivity index (χ1n) is 5.03. The van der Waals surface area contributed by atoms with Gasteiger partial charge in [0.25, 0.3) is 9.05 Å². The van der Waals surface area contributed by atoms with Crippen molar-refractivity contribution >= 4 is 42.2 Å². The minimum atomic E-state index is -3.89. The van der Waals surface area contributed by atoms with E-state index in [1.54, 1.807) is 0 Å². The number of benzene rings is 1. The topological polar surface area (TPSA) is 56.3 Å². The van der Waals surface area contributed by atoms with Crippen LogP contribution in [0.2, 0.25) is 5.15 Å². The van der Waals surface area contributed by atoms with Gasteiger partial charge in [-0.15, -0.1) is 6.42 Å². The van der Waals surface area contributed by atoms with Crippen molar-refractivity contribution in [1.82, 2.24) is 4.98 Å². The molecule has 2 rings (SSSR count). The monoisotopic (exact) mass is 315 g/mol. The van der Waals surface area contributed by atoms with E-state index in [-0.39, 0.29) is 16.7 Å². The number of ether oxygens (including phenoxy) is 1. The summed E-state index contributed by atoms with van der Waals surface area (Å²) >= 11 is 5.80. The summed E-state index contributed by atoms with van der Waals surface area (Å²) in [5, 5.41) is 0.538. The van der Waals surface area contributed by atoms with E-state index in [4.69, 9.17) is 33.4 Å². The lowest BCUT2D eigenvalue weighted by Crippen LogP contribution is -1.99. The van der Waals surface area contributed by atoms with Crippen molar-refractivity contribution in [2.75, 3.05) is 6.61 Å². The van der Waals surface area contributed by atoms with E-state index in [2.05, 4.69) is 10.9 Å². The Bertz CT molecular complexity index is 781. The van der Waals surface area contributed by atoms with Crippen molar-refractivity contribution in [3.63, 3.8) is 0 Å². The van der Waals surface area contributed by atoms with Gasteiger partial charge in [-0.25, -0.2) is 13.4 Å². The van der Waals surface area contributed by atoms with Crippen LogP contribution >= 0.6 is 22.3 Å². The maximum atomic E-state index is 11.5. The molecule has 0 atom stereocenters. The van der Waals surface area contributed by atoms with Gasteiger partial charge in [0, 0.05) is 16.1 Å². The predicted molar refractivity (Wildman–Crippen MR) is 74.1 cm³/mol. The molecular formula is C12H7Cl2NO3S. The molecule has 19 heavy (non-hydrogen) atoms. The molecule has 2 aromatic rings. The fraction of sp³-hybridized carbons (Fsp3) is 0.0833. The van der Waals surface area contributed by atoms with Crippen LogP contribution in [0, 0.1) is 12.3 Å². The minimum Gasteiger partial charge on any atom is -0.479 e. The highest BCUT2D eigenvalue weighted by Gasteiger charge is 2.17. The van der Waals surface area contributed by atoms with Crippen LogP contribution in [0.25, 0.3) is 10.9 Å². The van der Waals surface area contributed by atoms with E-state index in [0.29, 0.717) is 16.7 Å². The molecule has 1 aromatic heterocycles. The molecule has 0 spiro atoms. The Kier molecular flexibility index (Phi) is 3.85. The smallest absolute Gasteiger partial charge is 0.261 e. The van der Waals surface area contributed by atoms with Gasteiger partial charge >= 0.3 is 0 Å². The molecule has 4 nitrogen and oxygen atoms in total. The number of aromatic nitrogens is 1. The van der Waals surface area contributed by atoms with E-state index in [1.165, 1.54) is 24.3 Å². The van der Waals surface area contributed by atoms with Crippen molar-refractivity contribution in [1.29, 1.82) is 0 Å². The normalized spacial score (nSPS) is 11.2. The molecule has 1 aromatic carbocycles. The third-order valence-electron chi connectivity index (χ3n) is 2.32. The lowest BCUT2D eigenvalue weighted by molar-refractivity contribution is 0.374. The number of pyridine rings is 1. The zero-order chi connectivity index (χ0) is 14.0. The van der Waals surface area contributed by atoms with Crippen LogP contribution in [0.4, 0.5) is 0 Å². The van der Waals surface area contributed by atoms with E-state index in [0.717, 1.165) is 0 Å². The second kappa shape index (κ2) is 5.25. The van der Waals surface area contributed by atoms with Crippen molar-refractivity contribution in [3.05, 3.63) is 29.4 Å². The largest absolute Gasteiger partial charge is 0.479 e. The third kappa shape index (κ3) is 2.92. The Morgan fingerprint density at radius 1 is 1.32 bits per heavy atom. The molecule has 7 heteroatoms. The molecule has 1 heterocycles.